The first-order chi connectivity index (χ1) is 17.5. The Labute approximate surface area is 216 Å². The highest BCUT2D eigenvalue weighted by molar-refractivity contribution is 6.31. The second-order valence-electron chi connectivity index (χ2n) is 9.45. The summed E-state index contributed by atoms with van der Waals surface area (Å²) in [5.41, 5.74) is 8.90. The molecule has 2 aliphatic heterocycles. The second kappa shape index (κ2) is 10.6. The molecule has 2 fully saturated rings. The van der Waals surface area contributed by atoms with Crippen LogP contribution in [0, 0.1) is 0 Å². The number of anilines is 2. The Morgan fingerprint density at radius 2 is 1.81 bits per heavy atom. The maximum atomic E-state index is 13.2. The third-order valence-electron chi connectivity index (χ3n) is 6.97. The van der Waals surface area contributed by atoms with Gasteiger partial charge in [0, 0.05) is 61.4 Å². The summed E-state index contributed by atoms with van der Waals surface area (Å²) in [7, 11) is 0. The molecule has 0 unspecified atom stereocenters. The zero-order chi connectivity index (χ0) is 25.1. The summed E-state index contributed by atoms with van der Waals surface area (Å²) in [5.74, 6) is 0.438. The van der Waals surface area contributed by atoms with Crippen LogP contribution in [0.3, 0.4) is 0 Å². The van der Waals surface area contributed by atoms with Gasteiger partial charge in [0.15, 0.2) is 0 Å². The molecule has 1 aromatic heterocycles. The predicted octanol–water partition coefficient (Wildman–Crippen LogP) is 3.88. The minimum Gasteiger partial charge on any atom is -0.384 e. The van der Waals surface area contributed by atoms with Gasteiger partial charge in [0.05, 0.1) is 5.52 Å². The quantitative estimate of drug-likeness (QED) is 0.560. The molecule has 36 heavy (non-hydrogen) atoms. The van der Waals surface area contributed by atoms with Crippen molar-refractivity contribution in [2.75, 3.05) is 43.4 Å². The van der Waals surface area contributed by atoms with Crippen LogP contribution in [0.4, 0.5) is 16.3 Å². The molecule has 5 rings (SSSR count). The molecule has 2 saturated heterocycles. The number of carbonyl (C=O) groups is 2. The smallest absolute Gasteiger partial charge is 0.318 e. The molecule has 0 spiro atoms. The van der Waals surface area contributed by atoms with Gasteiger partial charge in [0.25, 0.3) is 0 Å². The predicted molar refractivity (Wildman–Crippen MR) is 143 cm³/mol. The molecule has 0 aliphatic carbocycles. The summed E-state index contributed by atoms with van der Waals surface area (Å²) < 4.78 is 0. The molecule has 2 aliphatic rings. The lowest BCUT2D eigenvalue weighted by Crippen LogP contribution is -2.56. The van der Waals surface area contributed by atoms with Crippen molar-refractivity contribution < 1.29 is 9.59 Å². The Morgan fingerprint density at radius 1 is 1.03 bits per heavy atom. The third-order valence-corrected chi connectivity index (χ3v) is 7.21. The summed E-state index contributed by atoms with van der Waals surface area (Å²) in [6, 6.07) is 16.8. The van der Waals surface area contributed by atoms with Gasteiger partial charge in [-0.1, -0.05) is 41.9 Å². The molecule has 188 valence electrons. The highest BCUT2D eigenvalue weighted by atomic mass is 35.5. The van der Waals surface area contributed by atoms with E-state index in [1.54, 1.807) is 4.90 Å². The number of benzene rings is 2. The van der Waals surface area contributed by atoms with Gasteiger partial charge in [0.2, 0.25) is 5.91 Å². The first kappa shape index (κ1) is 24.2. The Bertz CT molecular complexity index is 1240. The molecule has 3 amide bonds. The monoisotopic (exact) mass is 506 g/mol. The Morgan fingerprint density at radius 3 is 2.58 bits per heavy atom. The van der Waals surface area contributed by atoms with Crippen molar-refractivity contribution in [3.05, 3.63) is 65.2 Å². The van der Waals surface area contributed by atoms with Gasteiger partial charge >= 0.3 is 6.03 Å². The summed E-state index contributed by atoms with van der Waals surface area (Å²) in [6.07, 6.45) is 2.52. The van der Waals surface area contributed by atoms with Crippen LogP contribution in [-0.2, 0) is 11.3 Å². The van der Waals surface area contributed by atoms with E-state index in [2.05, 4.69) is 15.2 Å². The SMILES string of the molecule is Nc1cc(N2CCN(C(=O)N[C@H]3CCCCN(Cc4ccccc4)C3=O)CC2)c2ccc(Cl)cc2n1. The van der Waals surface area contributed by atoms with Crippen molar-refractivity contribution in [3.8, 4) is 0 Å². The van der Waals surface area contributed by atoms with Crippen LogP contribution in [-0.4, -0.2) is 65.5 Å². The lowest BCUT2D eigenvalue weighted by Gasteiger charge is -2.37. The number of rotatable bonds is 4. The second-order valence-corrected chi connectivity index (χ2v) is 9.88. The molecular weight excluding hydrogens is 476 g/mol. The van der Waals surface area contributed by atoms with Crippen molar-refractivity contribution in [2.45, 2.75) is 31.8 Å². The van der Waals surface area contributed by atoms with Crippen molar-refractivity contribution in [1.29, 1.82) is 0 Å². The van der Waals surface area contributed by atoms with Gasteiger partial charge in [-0.15, -0.1) is 0 Å². The number of pyridine rings is 1. The van der Waals surface area contributed by atoms with Crippen LogP contribution in [0.15, 0.2) is 54.6 Å². The molecule has 0 bridgehead atoms. The van der Waals surface area contributed by atoms with E-state index in [9.17, 15) is 9.59 Å². The lowest BCUT2D eigenvalue weighted by atomic mass is 10.1. The van der Waals surface area contributed by atoms with E-state index in [4.69, 9.17) is 17.3 Å². The number of piperazine rings is 1. The van der Waals surface area contributed by atoms with E-state index in [0.717, 1.165) is 35.0 Å². The number of fused-ring (bicyclic) bond motifs is 1. The van der Waals surface area contributed by atoms with Crippen LogP contribution in [0.5, 0.6) is 0 Å². The van der Waals surface area contributed by atoms with E-state index in [1.807, 2.05) is 59.5 Å². The maximum absolute atomic E-state index is 13.2. The molecule has 1 atom stereocenters. The van der Waals surface area contributed by atoms with Crippen LogP contribution < -0.4 is 16.0 Å². The average molecular weight is 507 g/mol. The number of hydrogen-bond donors (Lipinski definition) is 2. The van der Waals surface area contributed by atoms with Gasteiger partial charge in [-0.2, -0.15) is 0 Å². The minimum atomic E-state index is -0.490. The van der Waals surface area contributed by atoms with Crippen LogP contribution >= 0.6 is 11.6 Å². The molecule has 3 N–H and O–H groups in total. The van der Waals surface area contributed by atoms with Crippen LogP contribution in [0.2, 0.25) is 5.02 Å². The standard InChI is InChI=1S/C27H31ClN6O2/c28-20-9-10-21-23(16-20)30-25(29)17-24(21)32-12-14-33(15-13-32)27(36)31-22-8-4-5-11-34(26(22)35)18-19-6-2-1-3-7-19/h1-3,6-7,9-10,16-17,22H,4-5,8,11-15,18H2,(H2,29,30)(H,31,36)/t22-/m0/s1. The fourth-order valence-corrected chi connectivity index (χ4v) is 5.22. The van der Waals surface area contributed by atoms with Gasteiger partial charge in [-0.25, -0.2) is 9.78 Å². The lowest BCUT2D eigenvalue weighted by molar-refractivity contribution is -0.133. The van der Waals surface area contributed by atoms with Crippen molar-refractivity contribution in [2.24, 2.45) is 0 Å². The number of hydrogen-bond acceptors (Lipinski definition) is 5. The number of aromatic nitrogens is 1. The van der Waals surface area contributed by atoms with E-state index in [-0.39, 0.29) is 11.9 Å². The number of nitrogens with two attached hydrogens (primary N) is 1. The van der Waals surface area contributed by atoms with Crippen LogP contribution in [0.1, 0.15) is 24.8 Å². The first-order valence-corrected chi connectivity index (χ1v) is 12.8. The third kappa shape index (κ3) is 5.33. The molecule has 2 aromatic carbocycles. The number of nitrogens with one attached hydrogen (secondary N) is 1. The number of likely N-dealkylation sites (tertiary alicyclic amines) is 1. The molecule has 0 saturated carbocycles. The minimum absolute atomic E-state index is 0.000676. The molecule has 3 aromatic rings. The first-order valence-electron chi connectivity index (χ1n) is 12.5. The molecule has 3 heterocycles. The van der Waals surface area contributed by atoms with E-state index >= 15 is 0 Å². The highest BCUT2D eigenvalue weighted by Crippen LogP contribution is 2.30. The zero-order valence-electron chi connectivity index (χ0n) is 20.2. The maximum Gasteiger partial charge on any atom is 0.318 e. The number of halogens is 1. The van der Waals surface area contributed by atoms with E-state index < -0.39 is 6.04 Å². The van der Waals surface area contributed by atoms with Crippen molar-refractivity contribution in [3.63, 3.8) is 0 Å². The summed E-state index contributed by atoms with van der Waals surface area (Å²) in [6.45, 7) is 3.71. The summed E-state index contributed by atoms with van der Waals surface area (Å²) >= 11 is 6.14. The van der Waals surface area contributed by atoms with Gasteiger partial charge in [0.1, 0.15) is 11.9 Å². The Kier molecular flexibility index (Phi) is 7.13. The van der Waals surface area contributed by atoms with Crippen molar-refractivity contribution in [1.82, 2.24) is 20.1 Å². The largest absolute Gasteiger partial charge is 0.384 e. The molecule has 0 radical (unpaired) electrons. The normalized spacial score (nSPS) is 18.9. The Hall–Kier alpha value is -3.52. The summed E-state index contributed by atoms with van der Waals surface area (Å²) in [4.78, 5) is 36.6. The number of carbonyl (C=O) groups excluding carboxylic acids is 2. The number of amides is 3. The number of nitrogens with zero attached hydrogens (tertiary/aromatic N) is 4. The fraction of sp³-hybridized carbons (Fsp3) is 0.370. The highest BCUT2D eigenvalue weighted by Gasteiger charge is 2.31. The zero-order valence-corrected chi connectivity index (χ0v) is 21.0. The average Bonchev–Trinajstić information content (AvgIpc) is 3.05. The molecule has 8 nitrogen and oxygen atoms in total. The Balaban J connectivity index is 1.21. The van der Waals surface area contributed by atoms with E-state index in [0.29, 0.717) is 56.5 Å². The van der Waals surface area contributed by atoms with Gasteiger partial charge in [-0.3, -0.25) is 4.79 Å². The molecular formula is C27H31ClN6O2. The van der Waals surface area contributed by atoms with Crippen molar-refractivity contribution >= 4 is 45.9 Å². The van der Waals surface area contributed by atoms with Crippen LogP contribution in [0.25, 0.3) is 10.9 Å². The van der Waals surface area contributed by atoms with E-state index in [1.165, 1.54) is 0 Å². The number of urea groups is 1. The fourth-order valence-electron chi connectivity index (χ4n) is 5.06. The van der Waals surface area contributed by atoms with Gasteiger partial charge in [-0.05, 0) is 43.0 Å². The molecule has 9 heteroatoms. The van der Waals surface area contributed by atoms with Gasteiger partial charge < -0.3 is 25.8 Å². The summed E-state index contributed by atoms with van der Waals surface area (Å²) in [5, 5.41) is 4.62. The number of nitrogen functional groups attached to an aromatic ring is 1. The topological polar surface area (TPSA) is 94.8 Å².